The topological polar surface area (TPSA) is 76.7 Å². The van der Waals surface area contributed by atoms with Gasteiger partial charge in [-0.25, -0.2) is 8.42 Å². The summed E-state index contributed by atoms with van der Waals surface area (Å²) in [4.78, 5) is 0. The van der Waals surface area contributed by atoms with E-state index in [9.17, 15) is 8.42 Å². The second-order valence-corrected chi connectivity index (χ2v) is 6.04. The van der Waals surface area contributed by atoms with E-state index < -0.39 is 10.0 Å². The van der Waals surface area contributed by atoms with Crippen molar-refractivity contribution < 1.29 is 17.9 Å². The fraction of sp³-hybridized carbons (Fsp3) is 0.538. The first-order valence-electron chi connectivity index (χ1n) is 6.45. The van der Waals surface area contributed by atoms with Crippen LogP contribution in [0.4, 0.5) is 5.69 Å². The number of hydrogen-bond acceptors (Lipinski definition) is 5. The van der Waals surface area contributed by atoms with Crippen LogP contribution < -0.4 is 19.5 Å². The van der Waals surface area contributed by atoms with E-state index >= 15 is 0 Å². The third kappa shape index (κ3) is 5.26. The highest BCUT2D eigenvalue weighted by atomic mass is 32.2. The van der Waals surface area contributed by atoms with E-state index in [2.05, 4.69) is 10.0 Å². The largest absolute Gasteiger partial charge is 0.493 e. The lowest BCUT2D eigenvalue weighted by Crippen LogP contribution is -2.21. The fourth-order valence-corrected chi connectivity index (χ4v) is 2.81. The summed E-state index contributed by atoms with van der Waals surface area (Å²) in [5.41, 5.74) is 0.464. The van der Waals surface area contributed by atoms with E-state index in [1.807, 2.05) is 6.92 Å². The third-order valence-electron chi connectivity index (χ3n) is 2.67. The number of nitrogens with one attached hydrogen (secondary N) is 2. The van der Waals surface area contributed by atoms with Gasteiger partial charge in [-0.15, -0.1) is 0 Å². The van der Waals surface area contributed by atoms with Gasteiger partial charge in [-0.05, 0) is 31.6 Å². The summed E-state index contributed by atoms with van der Waals surface area (Å²) in [7, 11) is -0.309. The van der Waals surface area contributed by atoms with Gasteiger partial charge in [0.05, 0.1) is 25.7 Å². The maximum atomic E-state index is 11.9. The van der Waals surface area contributed by atoms with Crippen molar-refractivity contribution in [3.05, 3.63) is 18.2 Å². The van der Waals surface area contributed by atoms with Gasteiger partial charge < -0.3 is 14.8 Å². The molecule has 1 aromatic rings. The molecule has 0 saturated heterocycles. The van der Waals surface area contributed by atoms with Crippen LogP contribution in [0.2, 0.25) is 0 Å². The Labute approximate surface area is 120 Å². The molecule has 1 aromatic carbocycles. The number of hydrogen-bond donors (Lipinski definition) is 2. The Morgan fingerprint density at radius 2 is 1.85 bits per heavy atom. The Morgan fingerprint density at radius 3 is 2.45 bits per heavy atom. The molecule has 0 radical (unpaired) electrons. The predicted molar refractivity (Wildman–Crippen MR) is 80.1 cm³/mol. The monoisotopic (exact) mass is 302 g/mol. The quantitative estimate of drug-likeness (QED) is 0.675. The lowest BCUT2D eigenvalue weighted by atomic mass is 10.3. The molecule has 2 N–H and O–H groups in total. The Hall–Kier alpha value is -1.47. The normalized spacial score (nSPS) is 11.2. The zero-order chi connectivity index (χ0) is 15.0. The Kier molecular flexibility index (Phi) is 6.60. The second-order valence-electron chi connectivity index (χ2n) is 4.20. The van der Waals surface area contributed by atoms with E-state index in [4.69, 9.17) is 9.47 Å². The van der Waals surface area contributed by atoms with Gasteiger partial charge in [0.2, 0.25) is 10.0 Å². The number of sulfonamides is 1. The second kappa shape index (κ2) is 7.96. The molecule has 6 nitrogen and oxygen atoms in total. The van der Waals surface area contributed by atoms with Crippen molar-refractivity contribution in [2.45, 2.75) is 13.3 Å². The minimum absolute atomic E-state index is 0.0777. The molecular formula is C13H22N2O4S. The minimum Gasteiger partial charge on any atom is -0.493 e. The van der Waals surface area contributed by atoms with Crippen molar-refractivity contribution in [2.24, 2.45) is 0 Å². The Morgan fingerprint density at radius 1 is 1.15 bits per heavy atom. The molecule has 0 aromatic heterocycles. The SMILES string of the molecule is CCNCCCS(=O)(=O)Nc1ccc(OC)c(OC)c1. The van der Waals surface area contributed by atoms with Gasteiger partial charge >= 0.3 is 0 Å². The van der Waals surface area contributed by atoms with Crippen LogP contribution in [0, 0.1) is 0 Å². The van der Waals surface area contributed by atoms with Crippen molar-refractivity contribution in [3.63, 3.8) is 0 Å². The zero-order valence-corrected chi connectivity index (χ0v) is 12.9. The molecule has 1 rings (SSSR count). The van der Waals surface area contributed by atoms with Crippen LogP contribution in [0.1, 0.15) is 13.3 Å². The standard InChI is InChI=1S/C13H22N2O4S/c1-4-14-8-5-9-20(16,17)15-11-6-7-12(18-2)13(10-11)19-3/h6-7,10,14-15H,4-5,8-9H2,1-3H3. The molecule has 0 aliphatic heterocycles. The summed E-state index contributed by atoms with van der Waals surface area (Å²) in [6.45, 7) is 3.50. The first-order valence-corrected chi connectivity index (χ1v) is 8.11. The zero-order valence-electron chi connectivity index (χ0n) is 12.1. The molecule has 0 bridgehead atoms. The van der Waals surface area contributed by atoms with Gasteiger partial charge in [0.15, 0.2) is 11.5 Å². The molecule has 0 saturated carbocycles. The number of rotatable bonds is 9. The van der Waals surface area contributed by atoms with Crippen molar-refractivity contribution in [2.75, 3.05) is 37.8 Å². The Balaban J connectivity index is 2.67. The molecule has 0 spiro atoms. The lowest BCUT2D eigenvalue weighted by molar-refractivity contribution is 0.355. The number of benzene rings is 1. The van der Waals surface area contributed by atoms with Gasteiger partial charge in [0, 0.05) is 6.07 Å². The summed E-state index contributed by atoms with van der Waals surface area (Å²) in [6, 6.07) is 4.90. The van der Waals surface area contributed by atoms with E-state index in [0.717, 1.165) is 6.54 Å². The predicted octanol–water partition coefficient (Wildman–Crippen LogP) is 1.45. The van der Waals surface area contributed by atoms with E-state index in [1.165, 1.54) is 14.2 Å². The number of anilines is 1. The van der Waals surface area contributed by atoms with E-state index in [-0.39, 0.29) is 5.75 Å². The Bertz CT molecular complexity index is 517. The van der Waals surface area contributed by atoms with Gasteiger partial charge in [-0.1, -0.05) is 6.92 Å². The number of ether oxygens (including phenoxy) is 2. The van der Waals surface area contributed by atoms with Gasteiger partial charge in [0.1, 0.15) is 0 Å². The van der Waals surface area contributed by atoms with Gasteiger partial charge in [-0.3, -0.25) is 4.72 Å². The van der Waals surface area contributed by atoms with E-state index in [1.54, 1.807) is 18.2 Å². The molecule has 114 valence electrons. The molecule has 20 heavy (non-hydrogen) atoms. The molecule has 0 unspecified atom stereocenters. The van der Waals surface area contributed by atoms with Crippen LogP contribution in [-0.2, 0) is 10.0 Å². The van der Waals surface area contributed by atoms with Gasteiger partial charge in [-0.2, -0.15) is 0 Å². The average Bonchev–Trinajstić information content (AvgIpc) is 2.43. The van der Waals surface area contributed by atoms with Crippen LogP contribution in [0.15, 0.2) is 18.2 Å². The molecule has 0 fully saturated rings. The van der Waals surface area contributed by atoms with Gasteiger partial charge in [0.25, 0.3) is 0 Å². The van der Waals surface area contributed by atoms with Crippen molar-refractivity contribution in [1.82, 2.24) is 5.32 Å². The molecule has 7 heteroatoms. The van der Waals surface area contributed by atoms with E-state index in [0.29, 0.717) is 30.2 Å². The molecule has 0 aliphatic carbocycles. The number of methoxy groups -OCH3 is 2. The lowest BCUT2D eigenvalue weighted by Gasteiger charge is -2.11. The summed E-state index contributed by atoms with van der Waals surface area (Å²) >= 11 is 0. The third-order valence-corrected chi connectivity index (χ3v) is 4.05. The maximum Gasteiger partial charge on any atom is 0.232 e. The van der Waals surface area contributed by atoms with Crippen molar-refractivity contribution in [3.8, 4) is 11.5 Å². The molecule has 0 amide bonds. The molecular weight excluding hydrogens is 280 g/mol. The van der Waals surface area contributed by atoms with Crippen LogP contribution in [0.3, 0.4) is 0 Å². The summed E-state index contributed by atoms with van der Waals surface area (Å²) in [5.74, 6) is 1.12. The molecule has 0 heterocycles. The highest BCUT2D eigenvalue weighted by Gasteiger charge is 2.12. The smallest absolute Gasteiger partial charge is 0.232 e. The van der Waals surface area contributed by atoms with Crippen molar-refractivity contribution >= 4 is 15.7 Å². The van der Waals surface area contributed by atoms with Crippen LogP contribution in [0.25, 0.3) is 0 Å². The minimum atomic E-state index is -3.35. The maximum absolute atomic E-state index is 11.9. The van der Waals surface area contributed by atoms with Crippen LogP contribution >= 0.6 is 0 Å². The molecule has 0 aliphatic rings. The summed E-state index contributed by atoms with van der Waals surface area (Å²) < 4.78 is 36.6. The highest BCUT2D eigenvalue weighted by molar-refractivity contribution is 7.92. The average molecular weight is 302 g/mol. The molecule has 0 atom stereocenters. The first kappa shape index (κ1) is 16.6. The highest BCUT2D eigenvalue weighted by Crippen LogP contribution is 2.30. The summed E-state index contributed by atoms with van der Waals surface area (Å²) in [6.07, 6.45) is 0.566. The fourth-order valence-electron chi connectivity index (χ4n) is 1.69. The van der Waals surface area contributed by atoms with Crippen LogP contribution in [0.5, 0.6) is 11.5 Å². The first-order chi connectivity index (χ1) is 9.52. The summed E-state index contributed by atoms with van der Waals surface area (Å²) in [5, 5.41) is 3.09. The van der Waals surface area contributed by atoms with Crippen LogP contribution in [-0.4, -0.2) is 41.5 Å². The van der Waals surface area contributed by atoms with Crippen molar-refractivity contribution in [1.29, 1.82) is 0 Å².